The SMILES string of the molecule is O=C(Nc1nc(-c2ccc(Oc3ccccc3)cc2)cs1)C(=O)Nc1nc(-c2ccc(Oc3ccccc3)cc2)cs1. The van der Waals surface area contributed by atoms with Gasteiger partial charge in [0.2, 0.25) is 0 Å². The van der Waals surface area contributed by atoms with E-state index in [0.29, 0.717) is 33.1 Å². The first-order valence-corrected chi connectivity index (χ1v) is 14.5. The minimum atomic E-state index is -0.832. The molecule has 2 heterocycles. The van der Waals surface area contributed by atoms with Gasteiger partial charge in [-0.2, -0.15) is 0 Å². The molecule has 10 heteroatoms. The Morgan fingerprint density at radius 1 is 0.500 bits per heavy atom. The number of carbonyl (C=O) groups is 2. The first-order chi connectivity index (χ1) is 20.6. The van der Waals surface area contributed by atoms with Gasteiger partial charge in [-0.3, -0.25) is 20.2 Å². The highest BCUT2D eigenvalue weighted by Crippen LogP contribution is 2.30. The van der Waals surface area contributed by atoms with E-state index in [1.807, 2.05) is 120 Å². The lowest BCUT2D eigenvalue weighted by Gasteiger charge is -2.06. The first kappa shape index (κ1) is 26.9. The summed E-state index contributed by atoms with van der Waals surface area (Å²) >= 11 is 2.46. The molecule has 0 radical (unpaired) electrons. The van der Waals surface area contributed by atoms with Crippen molar-refractivity contribution in [3.05, 3.63) is 120 Å². The third kappa shape index (κ3) is 6.69. The maximum Gasteiger partial charge on any atom is 0.315 e. The molecule has 0 aliphatic rings. The van der Waals surface area contributed by atoms with Gasteiger partial charge in [0.15, 0.2) is 10.3 Å². The van der Waals surface area contributed by atoms with Crippen molar-refractivity contribution < 1.29 is 19.1 Å². The zero-order valence-corrected chi connectivity index (χ0v) is 23.5. The number of hydrogen-bond donors (Lipinski definition) is 2. The number of rotatable bonds is 8. The molecule has 0 spiro atoms. The molecule has 0 aliphatic heterocycles. The summed E-state index contributed by atoms with van der Waals surface area (Å²) in [5.74, 6) is 1.23. The lowest BCUT2D eigenvalue weighted by Crippen LogP contribution is -2.28. The van der Waals surface area contributed by atoms with E-state index in [0.717, 1.165) is 22.6 Å². The molecule has 2 amide bonds. The minimum absolute atomic E-state index is 0.312. The molecule has 6 rings (SSSR count). The molecule has 0 aliphatic carbocycles. The van der Waals surface area contributed by atoms with Gasteiger partial charge in [0.05, 0.1) is 11.4 Å². The van der Waals surface area contributed by atoms with E-state index >= 15 is 0 Å². The second kappa shape index (κ2) is 12.5. The highest BCUT2D eigenvalue weighted by atomic mass is 32.1. The van der Waals surface area contributed by atoms with Crippen LogP contribution < -0.4 is 20.1 Å². The lowest BCUT2D eigenvalue weighted by atomic mass is 10.2. The number of amides is 2. The van der Waals surface area contributed by atoms with Crippen LogP contribution in [0.25, 0.3) is 22.5 Å². The van der Waals surface area contributed by atoms with Gasteiger partial charge in [0, 0.05) is 21.9 Å². The van der Waals surface area contributed by atoms with Crippen molar-refractivity contribution in [1.29, 1.82) is 0 Å². The predicted molar refractivity (Wildman–Crippen MR) is 165 cm³/mol. The van der Waals surface area contributed by atoms with E-state index < -0.39 is 11.8 Å². The van der Waals surface area contributed by atoms with Gasteiger partial charge in [-0.1, -0.05) is 36.4 Å². The van der Waals surface area contributed by atoms with E-state index in [1.54, 1.807) is 0 Å². The Labute approximate surface area is 249 Å². The van der Waals surface area contributed by atoms with Crippen LogP contribution in [0, 0.1) is 0 Å². The maximum absolute atomic E-state index is 12.5. The Morgan fingerprint density at radius 2 is 0.857 bits per heavy atom. The molecule has 206 valence electrons. The van der Waals surface area contributed by atoms with Crippen LogP contribution in [0.4, 0.5) is 10.3 Å². The zero-order chi connectivity index (χ0) is 28.7. The third-order valence-corrected chi connectivity index (χ3v) is 7.43. The number of nitrogens with zero attached hydrogens (tertiary/aromatic N) is 2. The topological polar surface area (TPSA) is 102 Å². The van der Waals surface area contributed by atoms with Gasteiger partial charge >= 0.3 is 11.8 Å². The average molecular weight is 591 g/mol. The van der Waals surface area contributed by atoms with Crippen molar-refractivity contribution in [2.24, 2.45) is 0 Å². The van der Waals surface area contributed by atoms with Crippen LogP contribution in [0.3, 0.4) is 0 Å². The van der Waals surface area contributed by atoms with Crippen LogP contribution in [0.2, 0.25) is 0 Å². The fraction of sp³-hybridized carbons (Fsp3) is 0. The molecule has 0 atom stereocenters. The van der Waals surface area contributed by atoms with Crippen LogP contribution in [0.1, 0.15) is 0 Å². The summed E-state index contributed by atoms with van der Waals surface area (Å²) in [7, 11) is 0. The van der Waals surface area contributed by atoms with Gasteiger partial charge < -0.3 is 9.47 Å². The van der Waals surface area contributed by atoms with Crippen LogP contribution in [0.5, 0.6) is 23.0 Å². The quantitative estimate of drug-likeness (QED) is 0.174. The normalized spacial score (nSPS) is 10.6. The number of carbonyl (C=O) groups excluding carboxylic acids is 2. The molecular formula is C32H22N4O4S2. The first-order valence-electron chi connectivity index (χ1n) is 12.8. The minimum Gasteiger partial charge on any atom is -0.457 e. The predicted octanol–water partition coefficient (Wildman–Crippen LogP) is 8.10. The van der Waals surface area contributed by atoms with E-state index in [-0.39, 0.29) is 0 Å². The Balaban J connectivity index is 1.02. The zero-order valence-electron chi connectivity index (χ0n) is 21.9. The molecule has 2 N–H and O–H groups in total. The standard InChI is InChI=1S/C32H22N4O4S2/c37-29(35-31-33-27(19-41-31)21-11-15-25(16-12-21)39-23-7-3-1-4-8-23)30(38)36-32-34-28(20-42-32)22-13-17-26(18-14-22)40-24-9-5-2-6-10-24/h1-20H,(H,33,35,37)(H,34,36,38). The summed E-state index contributed by atoms with van der Waals surface area (Å²) in [6.07, 6.45) is 0. The monoisotopic (exact) mass is 590 g/mol. The molecule has 0 saturated heterocycles. The molecule has 2 aromatic heterocycles. The number of hydrogen-bond acceptors (Lipinski definition) is 8. The maximum atomic E-state index is 12.5. The van der Waals surface area contributed by atoms with Gasteiger partial charge in [0.25, 0.3) is 0 Å². The largest absolute Gasteiger partial charge is 0.457 e. The van der Waals surface area contributed by atoms with Gasteiger partial charge in [0.1, 0.15) is 23.0 Å². The highest BCUT2D eigenvalue weighted by Gasteiger charge is 2.18. The molecular weight excluding hydrogens is 569 g/mol. The summed E-state index contributed by atoms with van der Waals surface area (Å²) in [4.78, 5) is 34.0. The summed E-state index contributed by atoms with van der Waals surface area (Å²) < 4.78 is 11.6. The number of nitrogens with one attached hydrogen (secondary N) is 2. The van der Waals surface area contributed by atoms with Gasteiger partial charge in [-0.25, -0.2) is 9.97 Å². The summed E-state index contributed by atoms with van der Waals surface area (Å²) in [6, 6.07) is 34.0. The molecule has 0 saturated carbocycles. The van der Waals surface area contributed by atoms with Crippen LogP contribution in [-0.4, -0.2) is 21.8 Å². The van der Waals surface area contributed by atoms with Crippen molar-refractivity contribution in [3.63, 3.8) is 0 Å². The van der Waals surface area contributed by atoms with Crippen molar-refractivity contribution in [1.82, 2.24) is 9.97 Å². The van der Waals surface area contributed by atoms with E-state index in [1.165, 1.54) is 22.7 Å². The van der Waals surface area contributed by atoms with E-state index in [9.17, 15) is 9.59 Å². The second-order valence-electron chi connectivity index (χ2n) is 8.86. The third-order valence-electron chi connectivity index (χ3n) is 5.91. The highest BCUT2D eigenvalue weighted by molar-refractivity contribution is 7.14. The second-order valence-corrected chi connectivity index (χ2v) is 10.6. The molecule has 0 bridgehead atoms. The number of anilines is 2. The van der Waals surface area contributed by atoms with Crippen molar-refractivity contribution in [3.8, 4) is 45.5 Å². The Bertz CT molecular complexity index is 1670. The molecule has 4 aromatic carbocycles. The number of thiazole rings is 2. The van der Waals surface area contributed by atoms with Gasteiger partial charge in [-0.05, 0) is 72.8 Å². The average Bonchev–Trinajstić information content (AvgIpc) is 3.69. The summed E-state index contributed by atoms with van der Waals surface area (Å²) in [6.45, 7) is 0. The Hall–Kier alpha value is -5.32. The van der Waals surface area contributed by atoms with Gasteiger partial charge in [-0.15, -0.1) is 22.7 Å². The Morgan fingerprint density at radius 3 is 1.24 bits per heavy atom. The fourth-order valence-corrected chi connectivity index (χ4v) is 5.30. The number of benzene rings is 4. The molecule has 6 aromatic rings. The fourth-order valence-electron chi connectivity index (χ4n) is 3.87. The van der Waals surface area contributed by atoms with Crippen molar-refractivity contribution in [2.75, 3.05) is 10.6 Å². The summed E-state index contributed by atoms with van der Waals surface area (Å²) in [5, 5.41) is 9.35. The van der Waals surface area contributed by atoms with E-state index in [2.05, 4.69) is 20.6 Å². The lowest BCUT2D eigenvalue weighted by molar-refractivity contribution is -0.132. The van der Waals surface area contributed by atoms with Crippen LogP contribution >= 0.6 is 22.7 Å². The molecule has 0 unspecified atom stereocenters. The number of aromatic nitrogens is 2. The van der Waals surface area contributed by atoms with Crippen LogP contribution in [0.15, 0.2) is 120 Å². The molecule has 0 fully saturated rings. The van der Waals surface area contributed by atoms with Crippen molar-refractivity contribution >= 4 is 44.8 Å². The molecule has 42 heavy (non-hydrogen) atoms. The number of ether oxygens (including phenoxy) is 2. The smallest absolute Gasteiger partial charge is 0.315 e. The van der Waals surface area contributed by atoms with E-state index in [4.69, 9.17) is 9.47 Å². The van der Waals surface area contributed by atoms with Crippen LogP contribution in [-0.2, 0) is 9.59 Å². The van der Waals surface area contributed by atoms with Crippen molar-refractivity contribution in [2.45, 2.75) is 0 Å². The molecule has 8 nitrogen and oxygen atoms in total. The Kier molecular flexibility index (Phi) is 7.98. The summed E-state index contributed by atoms with van der Waals surface area (Å²) in [5.41, 5.74) is 3.05. The number of para-hydroxylation sites is 2.